The monoisotopic (exact) mass is 349 g/mol. The zero-order valence-electron chi connectivity index (χ0n) is 9.64. The number of anilines is 1. The lowest BCUT2D eigenvalue weighted by Crippen LogP contribution is -1.91. The first-order valence-corrected chi connectivity index (χ1v) is 7.10. The average Bonchev–Trinajstić information content (AvgIpc) is 2.81. The summed E-state index contributed by atoms with van der Waals surface area (Å²) < 4.78 is 0. The fourth-order valence-corrected chi connectivity index (χ4v) is 2.91. The van der Waals surface area contributed by atoms with Crippen molar-refractivity contribution in [3.8, 4) is 0 Å². The summed E-state index contributed by atoms with van der Waals surface area (Å²) in [5.74, 6) is 0. The van der Waals surface area contributed by atoms with Crippen molar-refractivity contribution in [3.05, 3.63) is 54.3 Å². The third-order valence-corrected chi connectivity index (χ3v) is 3.95. The van der Waals surface area contributed by atoms with Crippen LogP contribution in [-0.4, -0.2) is 11.1 Å². The summed E-state index contributed by atoms with van der Waals surface area (Å²) >= 11 is 18.7. The molecule has 5 nitrogen and oxygen atoms in total. The molecule has 0 aliphatic heterocycles. The first-order chi connectivity index (χ1) is 9.47. The summed E-state index contributed by atoms with van der Waals surface area (Å²) in [5, 5.41) is 15.6. The molecule has 0 radical (unpaired) electrons. The maximum atomic E-state index is 10.5. The summed E-state index contributed by atoms with van der Waals surface area (Å²) in [6.07, 6.45) is 1.44. The van der Waals surface area contributed by atoms with Crippen LogP contribution >= 0.6 is 46.1 Å². The number of hydrazone groups is 1. The van der Waals surface area contributed by atoms with Gasteiger partial charge in [0.2, 0.25) is 0 Å². The third-order valence-electron chi connectivity index (χ3n) is 2.17. The van der Waals surface area contributed by atoms with E-state index in [0.29, 0.717) is 25.6 Å². The molecule has 9 heteroatoms. The smallest absolute Gasteiger partial charge is 0.275 e. The Morgan fingerprint density at radius 2 is 1.90 bits per heavy atom. The summed E-state index contributed by atoms with van der Waals surface area (Å²) in [6.45, 7) is 0. The van der Waals surface area contributed by atoms with Crippen LogP contribution in [0.25, 0.3) is 0 Å². The molecule has 1 heterocycles. The van der Waals surface area contributed by atoms with Crippen LogP contribution in [0.3, 0.4) is 0 Å². The minimum absolute atomic E-state index is 0.0500. The van der Waals surface area contributed by atoms with E-state index in [0.717, 1.165) is 11.3 Å². The molecule has 20 heavy (non-hydrogen) atoms. The molecule has 0 aliphatic carbocycles. The molecule has 1 aromatic carbocycles. The molecule has 2 aromatic rings. The first-order valence-electron chi connectivity index (χ1n) is 5.15. The molecule has 1 N–H and O–H groups in total. The van der Waals surface area contributed by atoms with Crippen molar-refractivity contribution in [3.63, 3.8) is 0 Å². The van der Waals surface area contributed by atoms with Crippen LogP contribution in [0.5, 0.6) is 0 Å². The van der Waals surface area contributed by atoms with E-state index in [4.69, 9.17) is 34.8 Å². The minimum Gasteiger partial charge on any atom is -0.275 e. The Morgan fingerprint density at radius 1 is 1.25 bits per heavy atom. The van der Waals surface area contributed by atoms with E-state index in [9.17, 15) is 10.1 Å². The second kappa shape index (κ2) is 6.41. The predicted molar refractivity (Wildman–Crippen MR) is 83.7 cm³/mol. The van der Waals surface area contributed by atoms with Crippen LogP contribution in [0.1, 0.15) is 4.88 Å². The van der Waals surface area contributed by atoms with Gasteiger partial charge in [-0.05, 0) is 18.2 Å². The van der Waals surface area contributed by atoms with E-state index in [1.54, 1.807) is 6.07 Å². The van der Waals surface area contributed by atoms with Gasteiger partial charge in [0.1, 0.15) is 0 Å². The van der Waals surface area contributed by atoms with Crippen molar-refractivity contribution in [1.82, 2.24) is 0 Å². The molecular formula is C11H6Cl3N3O2S. The average molecular weight is 351 g/mol. The van der Waals surface area contributed by atoms with Crippen LogP contribution in [0.2, 0.25) is 15.1 Å². The molecule has 0 amide bonds. The van der Waals surface area contributed by atoms with E-state index in [1.165, 1.54) is 24.4 Å². The highest BCUT2D eigenvalue weighted by Crippen LogP contribution is 2.33. The summed E-state index contributed by atoms with van der Waals surface area (Å²) in [7, 11) is 0. The second-order valence-electron chi connectivity index (χ2n) is 3.55. The van der Waals surface area contributed by atoms with Gasteiger partial charge in [0.05, 0.1) is 31.7 Å². The van der Waals surface area contributed by atoms with Crippen molar-refractivity contribution in [2.24, 2.45) is 5.10 Å². The van der Waals surface area contributed by atoms with Crippen molar-refractivity contribution >= 4 is 63.0 Å². The van der Waals surface area contributed by atoms with Crippen LogP contribution in [0, 0.1) is 10.1 Å². The SMILES string of the molecule is O=[N+]([O-])c1ccc(C=NNc2c(Cl)cc(Cl)cc2Cl)s1. The molecule has 0 saturated carbocycles. The number of benzene rings is 1. The Balaban J connectivity index is 2.12. The van der Waals surface area contributed by atoms with E-state index < -0.39 is 4.92 Å². The molecular weight excluding hydrogens is 345 g/mol. The Morgan fingerprint density at radius 3 is 2.45 bits per heavy atom. The molecule has 1 aromatic heterocycles. The van der Waals surface area contributed by atoms with E-state index >= 15 is 0 Å². The standard InChI is InChI=1S/C11H6Cl3N3O2S/c12-6-3-8(13)11(9(14)4-6)16-15-5-7-1-2-10(20-7)17(18)19/h1-5,16H. The minimum atomic E-state index is -0.456. The fourth-order valence-electron chi connectivity index (χ4n) is 1.32. The lowest BCUT2D eigenvalue weighted by atomic mass is 10.3. The van der Waals surface area contributed by atoms with Gasteiger partial charge >= 0.3 is 5.00 Å². The molecule has 104 valence electrons. The Bertz CT molecular complexity index is 664. The number of thiophene rings is 1. The van der Waals surface area contributed by atoms with Crippen molar-refractivity contribution < 1.29 is 4.92 Å². The van der Waals surface area contributed by atoms with Crippen LogP contribution in [0.4, 0.5) is 10.7 Å². The number of nitro groups is 1. The number of nitrogens with one attached hydrogen (secondary N) is 1. The normalized spacial score (nSPS) is 10.9. The Labute approximate surface area is 132 Å². The highest BCUT2D eigenvalue weighted by atomic mass is 35.5. The van der Waals surface area contributed by atoms with Crippen LogP contribution in [0.15, 0.2) is 29.4 Å². The summed E-state index contributed by atoms with van der Waals surface area (Å²) in [5.41, 5.74) is 3.10. The molecule has 0 saturated heterocycles. The van der Waals surface area contributed by atoms with Gasteiger partial charge in [-0.25, -0.2) is 0 Å². The Hall–Kier alpha value is -1.34. The lowest BCUT2D eigenvalue weighted by Gasteiger charge is -2.05. The molecule has 0 atom stereocenters. The van der Waals surface area contributed by atoms with Crippen molar-refractivity contribution in [2.45, 2.75) is 0 Å². The zero-order chi connectivity index (χ0) is 14.7. The fraction of sp³-hybridized carbons (Fsp3) is 0. The highest BCUT2D eigenvalue weighted by molar-refractivity contribution is 7.16. The topological polar surface area (TPSA) is 67.5 Å². The maximum absolute atomic E-state index is 10.5. The van der Waals surface area contributed by atoms with E-state index in [-0.39, 0.29) is 5.00 Å². The van der Waals surface area contributed by atoms with Gasteiger partial charge in [0, 0.05) is 11.1 Å². The van der Waals surface area contributed by atoms with Crippen molar-refractivity contribution in [2.75, 3.05) is 5.43 Å². The second-order valence-corrected chi connectivity index (χ2v) is 5.89. The lowest BCUT2D eigenvalue weighted by molar-refractivity contribution is -0.380. The zero-order valence-corrected chi connectivity index (χ0v) is 12.7. The van der Waals surface area contributed by atoms with Gasteiger partial charge in [0.25, 0.3) is 0 Å². The van der Waals surface area contributed by atoms with Crippen molar-refractivity contribution in [1.29, 1.82) is 0 Å². The third kappa shape index (κ3) is 3.61. The molecule has 0 unspecified atom stereocenters. The number of halogens is 3. The Kier molecular flexibility index (Phi) is 4.82. The van der Waals surface area contributed by atoms with Gasteiger partial charge in [0.15, 0.2) is 0 Å². The van der Waals surface area contributed by atoms with Gasteiger partial charge < -0.3 is 0 Å². The number of hydrogen-bond donors (Lipinski definition) is 1. The molecule has 0 fully saturated rings. The van der Waals surface area contributed by atoms with Gasteiger partial charge in [-0.3, -0.25) is 15.5 Å². The molecule has 2 rings (SSSR count). The molecule has 0 spiro atoms. The highest BCUT2D eigenvalue weighted by Gasteiger charge is 2.09. The van der Waals surface area contributed by atoms with Crippen LogP contribution < -0.4 is 5.43 Å². The van der Waals surface area contributed by atoms with E-state index in [1.807, 2.05) is 0 Å². The summed E-state index contributed by atoms with van der Waals surface area (Å²) in [4.78, 5) is 10.7. The number of rotatable bonds is 4. The first kappa shape index (κ1) is 15.1. The van der Waals surface area contributed by atoms with Gasteiger partial charge in [-0.2, -0.15) is 5.10 Å². The van der Waals surface area contributed by atoms with Crippen LogP contribution in [-0.2, 0) is 0 Å². The molecule has 0 aliphatic rings. The summed E-state index contributed by atoms with van der Waals surface area (Å²) in [6, 6.07) is 6.07. The van der Waals surface area contributed by atoms with Gasteiger partial charge in [-0.15, -0.1) is 0 Å². The number of hydrogen-bond acceptors (Lipinski definition) is 5. The quantitative estimate of drug-likeness (QED) is 0.476. The van der Waals surface area contributed by atoms with E-state index in [2.05, 4.69) is 10.5 Å². The number of nitrogens with zero attached hydrogens (tertiary/aromatic N) is 2. The maximum Gasteiger partial charge on any atom is 0.324 e. The largest absolute Gasteiger partial charge is 0.324 e. The van der Waals surface area contributed by atoms with Gasteiger partial charge in [-0.1, -0.05) is 46.1 Å². The predicted octanol–water partition coefficient (Wildman–Crippen LogP) is 5.06. The molecule has 0 bridgehead atoms.